The highest BCUT2D eigenvalue weighted by Gasteiger charge is 2.24. The van der Waals surface area contributed by atoms with Gasteiger partial charge in [-0.2, -0.15) is 0 Å². The van der Waals surface area contributed by atoms with Crippen LogP contribution in [0, 0.1) is 6.92 Å². The number of hydrogen-bond donors (Lipinski definition) is 1. The van der Waals surface area contributed by atoms with Gasteiger partial charge in [0.05, 0.1) is 17.7 Å². The minimum atomic E-state index is -3.85. The zero-order valence-electron chi connectivity index (χ0n) is 15.8. The van der Waals surface area contributed by atoms with Gasteiger partial charge in [-0.05, 0) is 55.0 Å². The van der Waals surface area contributed by atoms with E-state index in [0.717, 1.165) is 23.3 Å². The molecule has 1 aliphatic heterocycles. The first kappa shape index (κ1) is 21.3. The second-order valence-corrected chi connectivity index (χ2v) is 9.96. The molecule has 6 nitrogen and oxygen atoms in total. The second-order valence-electron chi connectivity index (χ2n) is 6.82. The number of nitrogens with one attached hydrogen (secondary N) is 1. The largest absolute Gasteiger partial charge is 0.377 e. The highest BCUT2D eigenvalue weighted by molar-refractivity contribution is 7.89. The maximum absolute atomic E-state index is 12.8. The lowest BCUT2D eigenvalue weighted by Gasteiger charge is -2.18. The Bertz CT molecular complexity index is 953. The molecule has 152 valence electrons. The van der Waals surface area contributed by atoms with E-state index in [4.69, 9.17) is 16.3 Å². The molecule has 1 N–H and O–H groups in total. The predicted molar refractivity (Wildman–Crippen MR) is 110 cm³/mol. The van der Waals surface area contributed by atoms with Crippen molar-refractivity contribution in [2.24, 2.45) is 0 Å². The van der Waals surface area contributed by atoms with Gasteiger partial charge in [0.25, 0.3) is 5.91 Å². The van der Waals surface area contributed by atoms with Gasteiger partial charge in [-0.1, -0.05) is 11.6 Å². The molecule has 0 aliphatic carbocycles. The molecule has 1 saturated heterocycles. The first-order valence-electron chi connectivity index (χ1n) is 8.97. The number of carbonyl (C=O) groups excluding carboxylic acids is 1. The number of nitrogens with zero attached hydrogens (tertiary/aromatic N) is 1. The van der Waals surface area contributed by atoms with Crippen molar-refractivity contribution in [1.82, 2.24) is 9.62 Å². The minimum Gasteiger partial charge on any atom is -0.377 e. The Balaban J connectivity index is 1.76. The molecule has 28 heavy (non-hydrogen) atoms. The average molecular weight is 443 g/mol. The van der Waals surface area contributed by atoms with Crippen LogP contribution in [0.5, 0.6) is 0 Å². The highest BCUT2D eigenvalue weighted by atomic mass is 35.5. The molecule has 1 unspecified atom stereocenters. The second kappa shape index (κ2) is 8.92. The molecule has 1 aliphatic rings. The van der Waals surface area contributed by atoms with Crippen molar-refractivity contribution < 1.29 is 17.9 Å². The van der Waals surface area contributed by atoms with Crippen molar-refractivity contribution in [1.29, 1.82) is 0 Å². The Hall–Kier alpha value is -1.45. The summed E-state index contributed by atoms with van der Waals surface area (Å²) in [6.45, 7) is 3.29. The number of hydrogen-bond acceptors (Lipinski definition) is 5. The number of rotatable bonds is 7. The van der Waals surface area contributed by atoms with Gasteiger partial charge in [0.15, 0.2) is 0 Å². The first-order chi connectivity index (χ1) is 13.3. The lowest BCUT2D eigenvalue weighted by molar-refractivity contribution is 0.0786. The lowest BCUT2D eigenvalue weighted by Crippen LogP contribution is -2.32. The smallest absolute Gasteiger partial charge is 0.253 e. The van der Waals surface area contributed by atoms with E-state index in [1.807, 2.05) is 18.4 Å². The van der Waals surface area contributed by atoms with Crippen LogP contribution in [0.25, 0.3) is 0 Å². The molecule has 1 amide bonds. The normalized spacial score (nSPS) is 17.0. The van der Waals surface area contributed by atoms with E-state index >= 15 is 0 Å². The zero-order chi connectivity index (χ0) is 20.3. The van der Waals surface area contributed by atoms with Gasteiger partial charge >= 0.3 is 0 Å². The van der Waals surface area contributed by atoms with Crippen molar-refractivity contribution in [3.8, 4) is 0 Å². The standard InChI is InChI=1S/C19H23ClN2O4S2/c1-13-7-9-27-17(13)12-22(2)19(23)14-5-6-16(20)18(10-14)28(24,25)21-11-15-4-3-8-26-15/h5-7,9-10,15,21H,3-4,8,11-12H2,1-2H3. The van der Waals surface area contributed by atoms with Crippen molar-refractivity contribution in [3.63, 3.8) is 0 Å². The summed E-state index contributed by atoms with van der Waals surface area (Å²) < 4.78 is 33.3. The molecule has 0 spiro atoms. The summed E-state index contributed by atoms with van der Waals surface area (Å²) in [7, 11) is -2.15. The maximum Gasteiger partial charge on any atom is 0.253 e. The highest BCUT2D eigenvalue weighted by Crippen LogP contribution is 2.25. The fourth-order valence-electron chi connectivity index (χ4n) is 3.00. The van der Waals surface area contributed by atoms with Gasteiger partial charge in [-0.3, -0.25) is 4.79 Å². The third-order valence-electron chi connectivity index (χ3n) is 4.69. The van der Waals surface area contributed by atoms with Gasteiger partial charge in [0.1, 0.15) is 4.90 Å². The number of aryl methyl sites for hydroxylation is 1. The molecular weight excluding hydrogens is 420 g/mol. The van der Waals surface area contributed by atoms with Gasteiger partial charge in [0.2, 0.25) is 10.0 Å². The molecule has 0 bridgehead atoms. The van der Waals surface area contributed by atoms with Gasteiger partial charge < -0.3 is 9.64 Å². The SMILES string of the molecule is Cc1ccsc1CN(C)C(=O)c1ccc(Cl)c(S(=O)(=O)NCC2CCCO2)c1. The Kier molecular flexibility index (Phi) is 6.77. The summed E-state index contributed by atoms with van der Waals surface area (Å²) in [6, 6.07) is 6.33. The quantitative estimate of drug-likeness (QED) is 0.712. The number of benzene rings is 1. The van der Waals surface area contributed by atoms with Crippen molar-refractivity contribution >= 4 is 38.9 Å². The van der Waals surface area contributed by atoms with Crippen LogP contribution in [-0.2, 0) is 21.3 Å². The molecule has 3 rings (SSSR count). The third kappa shape index (κ3) is 4.93. The number of halogens is 1. The average Bonchev–Trinajstić information content (AvgIpc) is 3.32. The molecule has 1 atom stereocenters. The monoisotopic (exact) mass is 442 g/mol. The summed E-state index contributed by atoms with van der Waals surface area (Å²) >= 11 is 7.71. The summed E-state index contributed by atoms with van der Waals surface area (Å²) in [5, 5.41) is 2.06. The van der Waals surface area contributed by atoms with Crippen LogP contribution in [0.3, 0.4) is 0 Å². The molecule has 2 heterocycles. The van der Waals surface area contributed by atoms with E-state index in [-0.39, 0.29) is 34.0 Å². The first-order valence-corrected chi connectivity index (χ1v) is 11.7. The van der Waals surface area contributed by atoms with E-state index in [0.29, 0.717) is 13.2 Å². The Morgan fingerprint density at radius 2 is 2.18 bits per heavy atom. The molecule has 0 radical (unpaired) electrons. The lowest BCUT2D eigenvalue weighted by atomic mass is 10.2. The molecule has 1 fully saturated rings. The number of sulfonamides is 1. The van der Waals surface area contributed by atoms with Crippen LogP contribution < -0.4 is 4.72 Å². The Morgan fingerprint density at radius 3 is 2.82 bits per heavy atom. The maximum atomic E-state index is 12.8. The number of amides is 1. The molecule has 0 saturated carbocycles. The fourth-order valence-corrected chi connectivity index (χ4v) is 5.55. The van der Waals surface area contributed by atoms with E-state index in [9.17, 15) is 13.2 Å². The van der Waals surface area contributed by atoms with E-state index in [1.165, 1.54) is 12.1 Å². The van der Waals surface area contributed by atoms with Crippen LogP contribution in [0.2, 0.25) is 5.02 Å². The number of ether oxygens (including phenoxy) is 1. The van der Waals surface area contributed by atoms with Crippen molar-refractivity contribution in [3.05, 3.63) is 50.7 Å². The molecular formula is C19H23ClN2O4S2. The van der Waals surface area contributed by atoms with Gasteiger partial charge in [-0.15, -0.1) is 11.3 Å². The molecule has 2 aromatic rings. The minimum absolute atomic E-state index is 0.0770. The van der Waals surface area contributed by atoms with Crippen molar-refractivity contribution in [2.45, 2.75) is 37.3 Å². The molecule has 9 heteroatoms. The van der Waals surface area contributed by atoms with Crippen LogP contribution in [0.15, 0.2) is 34.5 Å². The van der Waals surface area contributed by atoms with Crippen molar-refractivity contribution in [2.75, 3.05) is 20.2 Å². The summed E-state index contributed by atoms with van der Waals surface area (Å²) in [5.41, 5.74) is 1.40. The number of thiophene rings is 1. The fraction of sp³-hybridized carbons (Fsp3) is 0.421. The van der Waals surface area contributed by atoms with E-state index in [1.54, 1.807) is 29.4 Å². The summed E-state index contributed by atoms with van der Waals surface area (Å²) in [5.74, 6) is -0.264. The van der Waals surface area contributed by atoms with Crippen LogP contribution in [-0.4, -0.2) is 45.5 Å². The predicted octanol–water partition coefficient (Wildman–Crippen LogP) is 3.44. The van der Waals surface area contributed by atoms with E-state index < -0.39 is 10.0 Å². The van der Waals surface area contributed by atoms with Crippen LogP contribution in [0.4, 0.5) is 0 Å². The zero-order valence-corrected chi connectivity index (χ0v) is 18.2. The Labute approximate surface area is 174 Å². The summed E-state index contributed by atoms with van der Waals surface area (Å²) in [4.78, 5) is 15.4. The molecule has 1 aromatic carbocycles. The number of carbonyl (C=O) groups is 1. The molecule has 1 aromatic heterocycles. The van der Waals surface area contributed by atoms with E-state index in [2.05, 4.69) is 4.72 Å². The van der Waals surface area contributed by atoms with Crippen LogP contribution in [0.1, 0.15) is 33.6 Å². The van der Waals surface area contributed by atoms with Gasteiger partial charge in [-0.25, -0.2) is 13.1 Å². The van der Waals surface area contributed by atoms with Gasteiger partial charge in [0, 0.05) is 30.6 Å². The topological polar surface area (TPSA) is 75.7 Å². The third-order valence-corrected chi connectivity index (χ3v) is 7.60. The summed E-state index contributed by atoms with van der Waals surface area (Å²) in [6.07, 6.45) is 1.62. The van der Waals surface area contributed by atoms with Crippen LogP contribution >= 0.6 is 22.9 Å². The Morgan fingerprint density at radius 1 is 1.39 bits per heavy atom.